The third-order valence-electron chi connectivity index (χ3n) is 5.00. The molecule has 1 aliphatic heterocycles. The number of hydrogen-bond acceptors (Lipinski definition) is 9. The summed E-state index contributed by atoms with van der Waals surface area (Å²) < 4.78 is 29.9. The highest BCUT2D eigenvalue weighted by atomic mass is 35.5. The van der Waals surface area contributed by atoms with Crippen molar-refractivity contribution in [2.45, 2.75) is 37.5 Å². The van der Waals surface area contributed by atoms with Crippen molar-refractivity contribution in [1.82, 2.24) is 19.5 Å². The van der Waals surface area contributed by atoms with Crippen molar-refractivity contribution < 1.29 is 23.4 Å². The Kier molecular flexibility index (Phi) is 6.10. The minimum atomic E-state index is -3.74. The van der Waals surface area contributed by atoms with E-state index in [1.807, 2.05) is 12.1 Å². The molecule has 1 saturated heterocycles. The quantitative estimate of drug-likeness (QED) is 0.383. The Morgan fingerprint density at radius 2 is 1.97 bits per heavy atom. The van der Waals surface area contributed by atoms with Crippen LogP contribution in [0.1, 0.15) is 18.2 Å². The molecule has 13 heteroatoms. The molecule has 0 saturated carbocycles. The average Bonchev–Trinajstić information content (AvgIpc) is 3.23. The summed E-state index contributed by atoms with van der Waals surface area (Å²) in [5, 5.41) is 29.9. The lowest BCUT2D eigenvalue weighted by atomic mass is 10.1. The molecule has 4 atom stereocenters. The standard InChI is InChI=1S/C18H21ClN6O5S/c19-11-3-1-10(2-4-11)7-22-18-24-12-8-21-9-23-16(12)25(18)17-15(27)14(26)13(30-17)5-6-31(20,28)29/h1-4,8-9,13-15,17,26-27H,5-7H2,(H,22,24)(H2,20,28,29)/t13-,14-,15-,17-/m1/s1. The smallest absolute Gasteiger partial charge is 0.209 e. The van der Waals surface area contributed by atoms with Gasteiger partial charge < -0.3 is 20.3 Å². The molecule has 3 aromatic rings. The van der Waals surface area contributed by atoms with Crippen LogP contribution in [-0.4, -0.2) is 62.2 Å². The van der Waals surface area contributed by atoms with Crippen molar-refractivity contribution >= 4 is 38.7 Å². The van der Waals surface area contributed by atoms with Crippen LogP contribution in [-0.2, 0) is 21.3 Å². The van der Waals surface area contributed by atoms with Crippen LogP contribution in [0.15, 0.2) is 36.8 Å². The summed E-state index contributed by atoms with van der Waals surface area (Å²) in [5.41, 5.74) is 1.78. The number of ether oxygens (including phenoxy) is 1. The van der Waals surface area contributed by atoms with E-state index in [4.69, 9.17) is 21.5 Å². The number of benzene rings is 1. The van der Waals surface area contributed by atoms with Crippen LogP contribution in [0.4, 0.5) is 5.95 Å². The Hall–Kier alpha value is -2.35. The van der Waals surface area contributed by atoms with Crippen LogP contribution in [0.2, 0.25) is 5.02 Å². The largest absolute Gasteiger partial charge is 0.388 e. The molecule has 1 fully saturated rings. The summed E-state index contributed by atoms with van der Waals surface area (Å²) >= 11 is 5.93. The molecule has 0 unspecified atom stereocenters. The average molecular weight is 469 g/mol. The van der Waals surface area contributed by atoms with Gasteiger partial charge in [-0.2, -0.15) is 0 Å². The number of anilines is 1. The number of aliphatic hydroxyl groups is 2. The molecular formula is C18H21ClN6O5S. The number of primary sulfonamides is 1. The molecule has 166 valence electrons. The Morgan fingerprint density at radius 1 is 1.23 bits per heavy atom. The molecule has 0 aliphatic carbocycles. The van der Waals surface area contributed by atoms with Crippen molar-refractivity contribution in [3.8, 4) is 0 Å². The Bertz CT molecular complexity index is 1170. The van der Waals surface area contributed by atoms with Crippen LogP contribution in [0.25, 0.3) is 11.2 Å². The molecule has 11 nitrogen and oxygen atoms in total. The highest BCUT2D eigenvalue weighted by Gasteiger charge is 2.45. The van der Waals surface area contributed by atoms with Gasteiger partial charge in [0.05, 0.1) is 18.1 Å². The first-order valence-corrected chi connectivity index (χ1v) is 11.5. The number of imidazole rings is 1. The van der Waals surface area contributed by atoms with Crippen molar-refractivity contribution in [2.24, 2.45) is 5.14 Å². The summed E-state index contributed by atoms with van der Waals surface area (Å²) in [7, 11) is -3.74. The van der Waals surface area contributed by atoms with Crippen LogP contribution in [0.5, 0.6) is 0 Å². The monoisotopic (exact) mass is 468 g/mol. The van der Waals surface area contributed by atoms with Gasteiger partial charge in [0.15, 0.2) is 11.9 Å². The molecule has 3 heterocycles. The number of sulfonamides is 1. The number of aromatic nitrogens is 4. The van der Waals surface area contributed by atoms with Crippen molar-refractivity contribution in [3.05, 3.63) is 47.4 Å². The number of aliphatic hydroxyl groups excluding tert-OH is 2. The van der Waals surface area contributed by atoms with E-state index in [0.717, 1.165) is 5.56 Å². The van der Waals surface area contributed by atoms with Crippen molar-refractivity contribution in [3.63, 3.8) is 0 Å². The van der Waals surface area contributed by atoms with E-state index in [1.54, 1.807) is 12.1 Å². The van der Waals surface area contributed by atoms with Gasteiger partial charge in [-0.05, 0) is 24.1 Å². The van der Waals surface area contributed by atoms with Gasteiger partial charge in [-0.25, -0.2) is 28.5 Å². The lowest BCUT2D eigenvalue weighted by molar-refractivity contribution is -0.0341. The van der Waals surface area contributed by atoms with Gasteiger partial charge >= 0.3 is 0 Å². The minimum Gasteiger partial charge on any atom is -0.388 e. The maximum Gasteiger partial charge on any atom is 0.209 e. The van der Waals surface area contributed by atoms with E-state index in [1.165, 1.54) is 17.1 Å². The number of rotatable bonds is 7. The fourth-order valence-electron chi connectivity index (χ4n) is 3.46. The summed E-state index contributed by atoms with van der Waals surface area (Å²) in [6.45, 7) is 0.397. The highest BCUT2D eigenvalue weighted by molar-refractivity contribution is 7.89. The van der Waals surface area contributed by atoms with Gasteiger partial charge in [0, 0.05) is 11.6 Å². The summed E-state index contributed by atoms with van der Waals surface area (Å²) in [5.74, 6) is -0.0447. The second kappa shape index (κ2) is 8.65. The van der Waals surface area contributed by atoms with E-state index in [2.05, 4.69) is 20.3 Å². The van der Waals surface area contributed by atoms with Crippen molar-refractivity contribution in [1.29, 1.82) is 0 Å². The van der Waals surface area contributed by atoms with E-state index in [9.17, 15) is 18.6 Å². The third kappa shape index (κ3) is 4.79. The van der Waals surface area contributed by atoms with E-state index in [-0.39, 0.29) is 12.2 Å². The zero-order valence-corrected chi connectivity index (χ0v) is 17.7. The normalized spacial score (nSPS) is 24.0. The fourth-order valence-corrected chi connectivity index (χ4v) is 4.15. The Morgan fingerprint density at radius 3 is 2.68 bits per heavy atom. The van der Waals surface area contributed by atoms with Crippen LogP contribution >= 0.6 is 11.6 Å². The van der Waals surface area contributed by atoms with Gasteiger partial charge in [0.25, 0.3) is 0 Å². The van der Waals surface area contributed by atoms with Crippen LogP contribution in [0, 0.1) is 0 Å². The molecule has 0 amide bonds. The predicted molar refractivity (Wildman–Crippen MR) is 113 cm³/mol. The molecule has 31 heavy (non-hydrogen) atoms. The van der Waals surface area contributed by atoms with Gasteiger partial charge in [0.2, 0.25) is 16.0 Å². The molecule has 1 aliphatic rings. The zero-order valence-electron chi connectivity index (χ0n) is 16.2. The summed E-state index contributed by atoms with van der Waals surface area (Å²) in [6.07, 6.45) is -1.84. The Labute approximate surface area is 182 Å². The number of nitrogens with one attached hydrogen (secondary N) is 1. The number of nitrogens with zero attached hydrogens (tertiary/aromatic N) is 4. The highest BCUT2D eigenvalue weighted by Crippen LogP contribution is 2.35. The lowest BCUT2D eigenvalue weighted by Gasteiger charge is -2.19. The van der Waals surface area contributed by atoms with Crippen LogP contribution in [0.3, 0.4) is 0 Å². The van der Waals surface area contributed by atoms with Crippen molar-refractivity contribution in [2.75, 3.05) is 11.1 Å². The molecular weight excluding hydrogens is 448 g/mol. The third-order valence-corrected chi connectivity index (χ3v) is 6.05. The first-order valence-electron chi connectivity index (χ1n) is 9.41. The van der Waals surface area contributed by atoms with E-state index >= 15 is 0 Å². The number of halogens is 1. The van der Waals surface area contributed by atoms with Crippen LogP contribution < -0.4 is 10.5 Å². The predicted octanol–water partition coefficient (Wildman–Crippen LogP) is 0.390. The zero-order chi connectivity index (χ0) is 22.2. The number of nitrogens with two attached hydrogens (primary N) is 1. The van der Waals surface area contributed by atoms with E-state index < -0.39 is 34.6 Å². The second-order valence-corrected chi connectivity index (χ2v) is 9.39. The molecule has 4 rings (SSSR count). The maximum atomic E-state index is 11.3. The second-order valence-electron chi connectivity index (χ2n) is 7.22. The molecule has 0 spiro atoms. The first-order chi connectivity index (χ1) is 14.7. The summed E-state index contributed by atoms with van der Waals surface area (Å²) in [4.78, 5) is 12.7. The maximum absolute atomic E-state index is 11.3. The topological polar surface area (TPSA) is 165 Å². The molecule has 5 N–H and O–H groups in total. The molecule has 1 aromatic carbocycles. The SMILES string of the molecule is NS(=O)(=O)CC[C@H]1O[C@@H](n2c(NCc3ccc(Cl)cc3)nc3cncnc32)[C@H](O)[C@@H]1O. The lowest BCUT2D eigenvalue weighted by Crippen LogP contribution is -2.33. The van der Waals surface area contributed by atoms with Gasteiger partial charge in [-0.3, -0.25) is 4.57 Å². The molecule has 2 aromatic heterocycles. The number of fused-ring (bicyclic) bond motifs is 1. The Balaban J connectivity index is 1.62. The van der Waals surface area contributed by atoms with Gasteiger partial charge in [-0.1, -0.05) is 23.7 Å². The number of hydrogen-bond donors (Lipinski definition) is 4. The minimum absolute atomic E-state index is 0.0668. The van der Waals surface area contributed by atoms with Gasteiger partial charge in [-0.15, -0.1) is 0 Å². The summed E-state index contributed by atoms with van der Waals surface area (Å²) in [6, 6.07) is 7.25. The fraction of sp³-hybridized carbons (Fsp3) is 0.389. The molecule has 0 bridgehead atoms. The van der Waals surface area contributed by atoms with Gasteiger partial charge in [0.1, 0.15) is 24.1 Å². The molecule has 0 radical (unpaired) electrons. The first kappa shape index (κ1) is 21.9. The van der Waals surface area contributed by atoms with E-state index in [0.29, 0.717) is 28.7 Å².